The van der Waals surface area contributed by atoms with Gasteiger partial charge in [0, 0.05) is 38.6 Å². The van der Waals surface area contributed by atoms with Gasteiger partial charge in [0.05, 0.1) is 5.75 Å². The highest BCUT2D eigenvalue weighted by Gasteiger charge is 2.27. The van der Waals surface area contributed by atoms with E-state index in [9.17, 15) is 9.59 Å². The summed E-state index contributed by atoms with van der Waals surface area (Å²) in [7, 11) is 0. The normalized spacial score (nSPS) is 12.0. The molecule has 0 bridgehead atoms. The van der Waals surface area contributed by atoms with Gasteiger partial charge in [-0.1, -0.05) is 54.7 Å². The number of carbonyl (C=O) groups excluding carboxylic acids is 2. The third kappa shape index (κ3) is 7.38. The molecule has 1 N–H and O–H groups in total. The van der Waals surface area contributed by atoms with Crippen LogP contribution in [0.4, 0.5) is 0 Å². The molecule has 0 aliphatic rings. The van der Waals surface area contributed by atoms with Crippen LogP contribution in [-0.2, 0) is 16.1 Å². The second kappa shape index (κ2) is 11.8. The van der Waals surface area contributed by atoms with E-state index < -0.39 is 6.04 Å². The lowest BCUT2D eigenvalue weighted by atomic mass is 10.1. The highest BCUT2D eigenvalue weighted by molar-refractivity contribution is 8.00. The van der Waals surface area contributed by atoms with Gasteiger partial charge in [0.15, 0.2) is 0 Å². The van der Waals surface area contributed by atoms with Crippen LogP contribution in [0, 0.1) is 5.92 Å². The molecule has 0 radical (unpaired) electrons. The van der Waals surface area contributed by atoms with Crippen molar-refractivity contribution in [2.45, 2.75) is 38.3 Å². The van der Waals surface area contributed by atoms with E-state index in [0.29, 0.717) is 33.1 Å². The van der Waals surface area contributed by atoms with E-state index in [0.717, 1.165) is 4.90 Å². The SMILES string of the molecule is CC(C)CNC(=O)[C@@H](C)N(Cc1c(Cl)cccc1Cl)C(=O)CSc1ccc(Cl)cc1. The molecule has 4 nitrogen and oxygen atoms in total. The van der Waals surface area contributed by atoms with Crippen LogP contribution in [0.1, 0.15) is 26.3 Å². The van der Waals surface area contributed by atoms with Crippen molar-refractivity contribution in [2.24, 2.45) is 5.92 Å². The maximum atomic E-state index is 13.1. The smallest absolute Gasteiger partial charge is 0.242 e. The van der Waals surface area contributed by atoms with Gasteiger partial charge in [-0.2, -0.15) is 0 Å². The van der Waals surface area contributed by atoms with Crippen LogP contribution >= 0.6 is 46.6 Å². The Morgan fingerprint density at radius 2 is 1.60 bits per heavy atom. The Balaban J connectivity index is 2.19. The lowest BCUT2D eigenvalue weighted by molar-refractivity contribution is -0.138. The number of nitrogens with zero attached hydrogens (tertiary/aromatic N) is 1. The van der Waals surface area contributed by atoms with Gasteiger partial charge in [0.25, 0.3) is 0 Å². The zero-order valence-electron chi connectivity index (χ0n) is 17.1. The van der Waals surface area contributed by atoms with Crippen molar-refractivity contribution in [3.8, 4) is 0 Å². The van der Waals surface area contributed by atoms with Crippen LogP contribution in [0.25, 0.3) is 0 Å². The number of benzene rings is 2. The Morgan fingerprint density at radius 1 is 1.00 bits per heavy atom. The van der Waals surface area contributed by atoms with Crippen molar-refractivity contribution in [2.75, 3.05) is 12.3 Å². The van der Waals surface area contributed by atoms with E-state index in [1.807, 2.05) is 26.0 Å². The molecule has 162 valence electrons. The number of rotatable bonds is 9. The standard InChI is InChI=1S/C22H25Cl3N2O2S/c1-14(2)11-26-22(29)15(3)27(12-18-19(24)5-4-6-20(18)25)21(28)13-30-17-9-7-16(23)8-10-17/h4-10,14-15H,11-13H2,1-3H3,(H,26,29)/t15-/m1/s1. The Bertz CT molecular complexity index is 855. The molecule has 0 saturated carbocycles. The minimum absolute atomic E-state index is 0.148. The van der Waals surface area contributed by atoms with Crippen molar-refractivity contribution >= 4 is 58.4 Å². The predicted octanol–water partition coefficient (Wildman–Crippen LogP) is 5.93. The molecular weight excluding hydrogens is 463 g/mol. The molecule has 1 atom stereocenters. The van der Waals surface area contributed by atoms with Crippen LogP contribution in [-0.4, -0.2) is 35.1 Å². The summed E-state index contributed by atoms with van der Waals surface area (Å²) in [4.78, 5) is 28.2. The molecule has 0 heterocycles. The average Bonchev–Trinajstić information content (AvgIpc) is 2.70. The first-order valence-electron chi connectivity index (χ1n) is 9.57. The molecule has 0 aromatic heterocycles. The minimum atomic E-state index is -0.672. The fraction of sp³-hybridized carbons (Fsp3) is 0.364. The summed E-state index contributed by atoms with van der Waals surface area (Å²) in [5, 5.41) is 4.44. The Morgan fingerprint density at radius 3 is 2.17 bits per heavy atom. The van der Waals surface area contributed by atoms with Gasteiger partial charge in [-0.3, -0.25) is 9.59 Å². The number of hydrogen-bond donors (Lipinski definition) is 1. The summed E-state index contributed by atoms with van der Waals surface area (Å²) in [6.07, 6.45) is 0. The summed E-state index contributed by atoms with van der Waals surface area (Å²) < 4.78 is 0. The Kier molecular flexibility index (Phi) is 9.82. The number of halogens is 3. The lowest BCUT2D eigenvalue weighted by Gasteiger charge is -2.29. The van der Waals surface area contributed by atoms with Crippen LogP contribution in [0.5, 0.6) is 0 Å². The fourth-order valence-corrected chi connectivity index (χ4v) is 4.08. The largest absolute Gasteiger partial charge is 0.354 e. The topological polar surface area (TPSA) is 49.4 Å². The minimum Gasteiger partial charge on any atom is -0.354 e. The summed E-state index contributed by atoms with van der Waals surface area (Å²) in [5.41, 5.74) is 0.620. The number of nitrogens with one attached hydrogen (secondary N) is 1. The van der Waals surface area contributed by atoms with Crippen molar-refractivity contribution in [1.82, 2.24) is 10.2 Å². The highest BCUT2D eigenvalue weighted by atomic mass is 35.5. The maximum Gasteiger partial charge on any atom is 0.242 e. The predicted molar refractivity (Wildman–Crippen MR) is 126 cm³/mol. The van der Waals surface area contributed by atoms with Gasteiger partial charge < -0.3 is 10.2 Å². The van der Waals surface area contributed by atoms with Gasteiger partial charge >= 0.3 is 0 Å². The van der Waals surface area contributed by atoms with E-state index in [-0.39, 0.29) is 24.1 Å². The summed E-state index contributed by atoms with van der Waals surface area (Å²) >= 11 is 19.9. The molecule has 0 fully saturated rings. The zero-order valence-corrected chi connectivity index (χ0v) is 20.2. The Labute approximate surface area is 197 Å². The first-order valence-corrected chi connectivity index (χ1v) is 11.7. The molecule has 30 heavy (non-hydrogen) atoms. The number of amides is 2. The van der Waals surface area contributed by atoms with E-state index in [1.165, 1.54) is 16.7 Å². The quantitative estimate of drug-likeness (QED) is 0.446. The molecule has 0 saturated heterocycles. The third-order valence-electron chi connectivity index (χ3n) is 4.42. The molecule has 2 aromatic carbocycles. The molecule has 0 unspecified atom stereocenters. The van der Waals surface area contributed by atoms with Crippen LogP contribution in [0.2, 0.25) is 15.1 Å². The van der Waals surface area contributed by atoms with Crippen LogP contribution in [0.15, 0.2) is 47.4 Å². The monoisotopic (exact) mass is 486 g/mol. The van der Waals surface area contributed by atoms with E-state index in [1.54, 1.807) is 37.3 Å². The molecule has 2 amide bonds. The summed E-state index contributed by atoms with van der Waals surface area (Å²) in [6, 6.07) is 11.8. The Hall–Kier alpha value is -1.40. The van der Waals surface area contributed by atoms with Gasteiger partial charge in [0.1, 0.15) is 6.04 Å². The van der Waals surface area contributed by atoms with Crippen molar-refractivity contribution in [3.05, 3.63) is 63.1 Å². The van der Waals surface area contributed by atoms with Gasteiger partial charge in [-0.25, -0.2) is 0 Å². The second-order valence-corrected chi connectivity index (χ2v) is 9.58. The molecule has 2 rings (SSSR count). The molecule has 8 heteroatoms. The van der Waals surface area contributed by atoms with Crippen LogP contribution < -0.4 is 5.32 Å². The lowest BCUT2D eigenvalue weighted by Crippen LogP contribution is -2.48. The van der Waals surface area contributed by atoms with Gasteiger partial charge in [-0.05, 0) is 49.2 Å². The van der Waals surface area contributed by atoms with E-state index in [4.69, 9.17) is 34.8 Å². The fourth-order valence-electron chi connectivity index (χ4n) is 2.65. The molecule has 2 aromatic rings. The van der Waals surface area contributed by atoms with E-state index >= 15 is 0 Å². The molecule has 0 spiro atoms. The van der Waals surface area contributed by atoms with Crippen molar-refractivity contribution in [3.63, 3.8) is 0 Å². The van der Waals surface area contributed by atoms with Gasteiger partial charge in [0.2, 0.25) is 11.8 Å². The molecule has 0 aliphatic heterocycles. The summed E-state index contributed by atoms with van der Waals surface area (Å²) in [5.74, 6) is 0.0875. The zero-order chi connectivity index (χ0) is 22.3. The van der Waals surface area contributed by atoms with Crippen molar-refractivity contribution in [1.29, 1.82) is 0 Å². The maximum absolute atomic E-state index is 13.1. The van der Waals surface area contributed by atoms with E-state index in [2.05, 4.69) is 5.32 Å². The number of carbonyl (C=O) groups is 2. The van der Waals surface area contributed by atoms with Crippen molar-refractivity contribution < 1.29 is 9.59 Å². The average molecular weight is 488 g/mol. The summed E-state index contributed by atoms with van der Waals surface area (Å²) in [6.45, 7) is 6.43. The third-order valence-corrected chi connectivity index (χ3v) is 6.37. The molecular formula is C22H25Cl3N2O2S. The molecule has 0 aliphatic carbocycles. The number of thioether (sulfide) groups is 1. The number of hydrogen-bond acceptors (Lipinski definition) is 3. The first-order chi connectivity index (χ1) is 14.2. The van der Waals surface area contributed by atoms with Crippen LogP contribution in [0.3, 0.4) is 0 Å². The second-order valence-electron chi connectivity index (χ2n) is 7.28. The first kappa shape index (κ1) is 24.9. The van der Waals surface area contributed by atoms with Gasteiger partial charge in [-0.15, -0.1) is 11.8 Å². The highest BCUT2D eigenvalue weighted by Crippen LogP contribution is 2.27.